The van der Waals surface area contributed by atoms with Crippen molar-refractivity contribution in [3.05, 3.63) is 53.1 Å². The number of nitrogens with zero attached hydrogens (tertiary/aromatic N) is 2. The zero-order valence-electron chi connectivity index (χ0n) is 10.9. The molecule has 0 saturated heterocycles. The maximum Gasteiger partial charge on any atom is 0.0946 e. The van der Waals surface area contributed by atoms with Gasteiger partial charge in [0.2, 0.25) is 0 Å². The number of rotatable bonds is 3. The summed E-state index contributed by atoms with van der Waals surface area (Å²) in [7, 11) is 4.00. The summed E-state index contributed by atoms with van der Waals surface area (Å²) in [5.74, 6) is 0. The molecular weight excluding hydrogens is 210 g/mol. The van der Waals surface area contributed by atoms with E-state index >= 15 is 0 Å². The number of aromatic nitrogens is 2. The Morgan fingerprint density at radius 1 is 1.24 bits per heavy atom. The Morgan fingerprint density at radius 3 is 2.53 bits per heavy atom. The fraction of sp³-hybridized carbons (Fsp3) is 0.357. The van der Waals surface area contributed by atoms with E-state index in [2.05, 4.69) is 46.9 Å². The van der Waals surface area contributed by atoms with E-state index in [4.69, 9.17) is 0 Å². The quantitative estimate of drug-likeness (QED) is 0.875. The molecular formula is C14H19N3. The number of nitrogens with one attached hydrogen (secondary N) is 1. The van der Waals surface area contributed by atoms with Crippen LogP contribution >= 0.6 is 0 Å². The monoisotopic (exact) mass is 229 g/mol. The van der Waals surface area contributed by atoms with Crippen LogP contribution in [-0.4, -0.2) is 16.6 Å². The summed E-state index contributed by atoms with van der Waals surface area (Å²) in [6.07, 6.45) is 3.75. The van der Waals surface area contributed by atoms with Gasteiger partial charge in [0.25, 0.3) is 0 Å². The number of aryl methyl sites for hydroxylation is 3. The molecule has 1 heterocycles. The standard InChI is InChI=1S/C14H19N3/c1-10-5-6-12(7-11(10)2)14(15-3)13-8-16-9-17(13)4/h5-9,14-15H,1-4H3. The Morgan fingerprint density at radius 2 is 2.00 bits per heavy atom. The summed E-state index contributed by atoms with van der Waals surface area (Å²) in [6.45, 7) is 4.28. The fourth-order valence-corrected chi connectivity index (χ4v) is 2.08. The first-order valence-corrected chi connectivity index (χ1v) is 5.84. The van der Waals surface area contributed by atoms with Crippen LogP contribution in [0, 0.1) is 13.8 Å². The Bertz CT molecular complexity index is 514. The molecule has 0 amide bonds. The smallest absolute Gasteiger partial charge is 0.0946 e. The summed E-state index contributed by atoms with van der Waals surface area (Å²) in [5, 5.41) is 3.35. The lowest BCUT2D eigenvalue weighted by atomic mass is 9.99. The van der Waals surface area contributed by atoms with Gasteiger partial charge in [0.05, 0.1) is 24.3 Å². The lowest BCUT2D eigenvalue weighted by Gasteiger charge is -2.18. The molecule has 0 aliphatic heterocycles. The molecule has 0 bridgehead atoms. The minimum Gasteiger partial charge on any atom is -0.336 e. The van der Waals surface area contributed by atoms with Crippen molar-refractivity contribution in [2.75, 3.05) is 7.05 Å². The highest BCUT2D eigenvalue weighted by Gasteiger charge is 2.15. The van der Waals surface area contributed by atoms with E-state index in [0.29, 0.717) is 0 Å². The van der Waals surface area contributed by atoms with Gasteiger partial charge in [-0.05, 0) is 37.6 Å². The van der Waals surface area contributed by atoms with Gasteiger partial charge < -0.3 is 9.88 Å². The fourth-order valence-electron chi connectivity index (χ4n) is 2.08. The molecule has 90 valence electrons. The van der Waals surface area contributed by atoms with Crippen LogP contribution in [0.1, 0.15) is 28.4 Å². The third-order valence-corrected chi connectivity index (χ3v) is 3.30. The van der Waals surface area contributed by atoms with Gasteiger partial charge in [0.15, 0.2) is 0 Å². The highest BCUT2D eigenvalue weighted by atomic mass is 15.1. The van der Waals surface area contributed by atoms with Gasteiger partial charge in [-0.1, -0.05) is 18.2 Å². The van der Waals surface area contributed by atoms with Crippen LogP contribution in [0.5, 0.6) is 0 Å². The van der Waals surface area contributed by atoms with Crippen molar-refractivity contribution in [1.82, 2.24) is 14.9 Å². The molecule has 0 saturated carbocycles. The molecule has 0 spiro atoms. The lowest BCUT2D eigenvalue weighted by Crippen LogP contribution is -2.20. The van der Waals surface area contributed by atoms with Crippen molar-refractivity contribution in [2.45, 2.75) is 19.9 Å². The van der Waals surface area contributed by atoms with Gasteiger partial charge in [-0.15, -0.1) is 0 Å². The zero-order valence-corrected chi connectivity index (χ0v) is 10.9. The van der Waals surface area contributed by atoms with E-state index in [9.17, 15) is 0 Å². The Kier molecular flexibility index (Phi) is 3.29. The molecule has 0 aliphatic carbocycles. The SMILES string of the molecule is CNC(c1ccc(C)c(C)c1)c1cncn1C. The first-order valence-electron chi connectivity index (χ1n) is 5.84. The molecule has 2 aromatic rings. The average molecular weight is 229 g/mol. The molecule has 1 N–H and O–H groups in total. The molecule has 0 radical (unpaired) electrons. The molecule has 1 unspecified atom stereocenters. The van der Waals surface area contributed by atoms with Gasteiger partial charge in [0, 0.05) is 7.05 Å². The predicted octanol–water partition coefficient (Wildman–Crippen LogP) is 2.35. The average Bonchev–Trinajstić information content (AvgIpc) is 2.71. The van der Waals surface area contributed by atoms with Crippen LogP contribution in [0.25, 0.3) is 0 Å². The van der Waals surface area contributed by atoms with Crippen LogP contribution in [0.3, 0.4) is 0 Å². The van der Waals surface area contributed by atoms with Crippen LogP contribution < -0.4 is 5.32 Å². The number of hydrogen-bond acceptors (Lipinski definition) is 2. The second-order valence-corrected chi connectivity index (χ2v) is 4.49. The molecule has 1 aromatic carbocycles. The third-order valence-electron chi connectivity index (χ3n) is 3.30. The topological polar surface area (TPSA) is 29.9 Å². The minimum absolute atomic E-state index is 0.196. The van der Waals surface area contributed by atoms with Crippen molar-refractivity contribution >= 4 is 0 Å². The van der Waals surface area contributed by atoms with Crippen molar-refractivity contribution in [1.29, 1.82) is 0 Å². The molecule has 1 atom stereocenters. The van der Waals surface area contributed by atoms with E-state index in [-0.39, 0.29) is 6.04 Å². The molecule has 17 heavy (non-hydrogen) atoms. The van der Waals surface area contributed by atoms with E-state index < -0.39 is 0 Å². The first-order chi connectivity index (χ1) is 8.13. The van der Waals surface area contributed by atoms with E-state index in [1.807, 2.05) is 26.6 Å². The largest absolute Gasteiger partial charge is 0.336 e. The lowest BCUT2D eigenvalue weighted by molar-refractivity contribution is 0.637. The highest BCUT2D eigenvalue weighted by Crippen LogP contribution is 2.22. The van der Waals surface area contributed by atoms with E-state index in [1.54, 1.807) is 0 Å². The van der Waals surface area contributed by atoms with Gasteiger partial charge in [-0.2, -0.15) is 0 Å². The molecule has 3 nitrogen and oxygen atoms in total. The van der Waals surface area contributed by atoms with Crippen LogP contribution in [0.15, 0.2) is 30.7 Å². The minimum atomic E-state index is 0.196. The normalized spacial score (nSPS) is 12.7. The van der Waals surface area contributed by atoms with Gasteiger partial charge in [-0.25, -0.2) is 4.98 Å². The van der Waals surface area contributed by atoms with Crippen molar-refractivity contribution in [3.63, 3.8) is 0 Å². The van der Waals surface area contributed by atoms with Crippen molar-refractivity contribution in [2.24, 2.45) is 7.05 Å². The van der Waals surface area contributed by atoms with Crippen LogP contribution in [-0.2, 0) is 7.05 Å². The number of hydrogen-bond donors (Lipinski definition) is 1. The molecule has 0 fully saturated rings. The van der Waals surface area contributed by atoms with Crippen molar-refractivity contribution in [3.8, 4) is 0 Å². The second-order valence-electron chi connectivity index (χ2n) is 4.49. The summed E-state index contributed by atoms with van der Waals surface area (Å²) < 4.78 is 2.05. The van der Waals surface area contributed by atoms with E-state index in [1.165, 1.54) is 22.4 Å². The van der Waals surface area contributed by atoms with Gasteiger partial charge in [0.1, 0.15) is 0 Å². The summed E-state index contributed by atoms with van der Waals surface area (Å²) >= 11 is 0. The Balaban J connectivity index is 2.42. The summed E-state index contributed by atoms with van der Waals surface area (Å²) in [6, 6.07) is 6.78. The Hall–Kier alpha value is -1.61. The van der Waals surface area contributed by atoms with E-state index in [0.717, 1.165) is 0 Å². The van der Waals surface area contributed by atoms with Crippen LogP contribution in [0.4, 0.5) is 0 Å². The zero-order chi connectivity index (χ0) is 12.4. The maximum atomic E-state index is 4.18. The maximum absolute atomic E-state index is 4.18. The first kappa shape index (κ1) is 11.9. The predicted molar refractivity (Wildman–Crippen MR) is 70.0 cm³/mol. The van der Waals surface area contributed by atoms with Crippen LogP contribution in [0.2, 0.25) is 0 Å². The summed E-state index contributed by atoms with van der Waals surface area (Å²) in [5.41, 5.74) is 5.11. The highest BCUT2D eigenvalue weighted by molar-refractivity contribution is 5.35. The third kappa shape index (κ3) is 2.24. The number of imidazole rings is 1. The molecule has 2 rings (SSSR count). The van der Waals surface area contributed by atoms with Crippen molar-refractivity contribution < 1.29 is 0 Å². The molecule has 1 aromatic heterocycles. The Labute approximate surface area is 103 Å². The van der Waals surface area contributed by atoms with Gasteiger partial charge >= 0.3 is 0 Å². The molecule has 0 aliphatic rings. The molecule has 3 heteroatoms. The summed E-state index contributed by atoms with van der Waals surface area (Å²) in [4.78, 5) is 4.18. The van der Waals surface area contributed by atoms with Gasteiger partial charge in [-0.3, -0.25) is 0 Å². The number of benzene rings is 1. The second kappa shape index (κ2) is 4.72.